The Morgan fingerprint density at radius 3 is 2.55 bits per heavy atom. The average molecular weight is 278 g/mol. The van der Waals surface area contributed by atoms with Crippen LogP contribution in [0.4, 0.5) is 0 Å². The summed E-state index contributed by atoms with van der Waals surface area (Å²) in [7, 11) is 3.91. The highest BCUT2D eigenvalue weighted by Gasteiger charge is 2.31. The maximum Gasteiger partial charge on any atom is 0.122 e. The van der Waals surface area contributed by atoms with E-state index in [1.807, 2.05) is 12.1 Å². The topological polar surface area (TPSA) is 38.5 Å². The number of hydrogen-bond donors (Lipinski definition) is 1. The van der Waals surface area contributed by atoms with Crippen molar-refractivity contribution in [2.75, 3.05) is 20.7 Å². The molecule has 1 aromatic rings. The number of para-hydroxylation sites is 1. The van der Waals surface area contributed by atoms with Gasteiger partial charge in [0.15, 0.2) is 0 Å². The van der Waals surface area contributed by atoms with Crippen LogP contribution in [0.2, 0.25) is 0 Å². The van der Waals surface area contributed by atoms with E-state index in [-0.39, 0.29) is 5.54 Å². The van der Waals surface area contributed by atoms with Gasteiger partial charge in [-0.25, -0.2) is 0 Å². The Morgan fingerprint density at radius 2 is 2.00 bits per heavy atom. The zero-order valence-electron chi connectivity index (χ0n) is 13.6. The number of benzene rings is 1. The van der Waals surface area contributed by atoms with Crippen LogP contribution in [0, 0.1) is 0 Å². The van der Waals surface area contributed by atoms with E-state index in [0.29, 0.717) is 12.6 Å². The van der Waals surface area contributed by atoms with Gasteiger partial charge in [0.2, 0.25) is 0 Å². The second kappa shape index (κ2) is 7.65. The van der Waals surface area contributed by atoms with Gasteiger partial charge in [0.25, 0.3) is 0 Å². The van der Waals surface area contributed by atoms with Crippen molar-refractivity contribution < 1.29 is 4.74 Å². The number of methoxy groups -OCH3 is 1. The number of hydrogen-bond acceptors (Lipinski definition) is 3. The average Bonchev–Trinajstić information content (AvgIpc) is 2.47. The first-order chi connectivity index (χ1) is 9.48. The number of nitrogens with zero attached hydrogens (tertiary/aromatic N) is 1. The second-order valence-electron chi connectivity index (χ2n) is 5.94. The third-order valence-corrected chi connectivity index (χ3v) is 4.42. The zero-order valence-corrected chi connectivity index (χ0v) is 13.6. The minimum absolute atomic E-state index is 0.0524. The van der Waals surface area contributed by atoms with Gasteiger partial charge in [-0.2, -0.15) is 0 Å². The smallest absolute Gasteiger partial charge is 0.122 e. The monoisotopic (exact) mass is 278 g/mol. The Hall–Kier alpha value is -1.06. The van der Waals surface area contributed by atoms with Crippen LogP contribution < -0.4 is 10.5 Å². The van der Waals surface area contributed by atoms with Crippen LogP contribution in [0.5, 0.6) is 5.75 Å². The fourth-order valence-corrected chi connectivity index (χ4v) is 2.74. The molecule has 0 aromatic heterocycles. The Balaban J connectivity index is 2.93. The zero-order chi connectivity index (χ0) is 15.2. The molecule has 0 saturated carbocycles. The van der Waals surface area contributed by atoms with Gasteiger partial charge in [-0.15, -0.1) is 0 Å². The van der Waals surface area contributed by atoms with E-state index in [0.717, 1.165) is 12.2 Å². The lowest BCUT2D eigenvalue weighted by atomic mass is 9.89. The molecule has 3 heteroatoms. The SMILES string of the molecule is CCCC(C)N(C)C(C)(CN)Cc1ccccc1OC. The fourth-order valence-electron chi connectivity index (χ4n) is 2.74. The maximum absolute atomic E-state index is 6.10. The van der Waals surface area contributed by atoms with E-state index in [9.17, 15) is 0 Å². The summed E-state index contributed by atoms with van der Waals surface area (Å²) in [4.78, 5) is 2.42. The molecule has 0 spiro atoms. The molecule has 20 heavy (non-hydrogen) atoms. The van der Waals surface area contributed by atoms with E-state index in [2.05, 4.69) is 44.9 Å². The molecule has 0 saturated heterocycles. The lowest BCUT2D eigenvalue weighted by Crippen LogP contribution is -2.54. The molecule has 2 N–H and O–H groups in total. The summed E-state index contributed by atoms with van der Waals surface area (Å²) in [5, 5.41) is 0. The van der Waals surface area contributed by atoms with E-state index < -0.39 is 0 Å². The van der Waals surface area contributed by atoms with Crippen LogP contribution >= 0.6 is 0 Å². The first-order valence-corrected chi connectivity index (χ1v) is 7.53. The molecule has 2 atom stereocenters. The van der Waals surface area contributed by atoms with Crippen LogP contribution in [0.1, 0.15) is 39.2 Å². The number of likely N-dealkylation sites (N-methyl/N-ethyl adjacent to an activating group) is 1. The summed E-state index contributed by atoms with van der Waals surface area (Å²) in [6, 6.07) is 8.74. The summed E-state index contributed by atoms with van der Waals surface area (Å²) >= 11 is 0. The van der Waals surface area contributed by atoms with Crippen molar-refractivity contribution in [3.05, 3.63) is 29.8 Å². The van der Waals surface area contributed by atoms with Crippen molar-refractivity contribution in [2.45, 2.75) is 51.6 Å². The van der Waals surface area contributed by atoms with Gasteiger partial charge < -0.3 is 10.5 Å². The minimum atomic E-state index is -0.0524. The Kier molecular flexibility index (Phi) is 6.50. The third-order valence-electron chi connectivity index (χ3n) is 4.42. The summed E-state index contributed by atoms with van der Waals surface area (Å²) in [5.41, 5.74) is 7.27. The van der Waals surface area contributed by atoms with Gasteiger partial charge in [-0.05, 0) is 45.4 Å². The van der Waals surface area contributed by atoms with Crippen molar-refractivity contribution in [3.8, 4) is 5.75 Å². The van der Waals surface area contributed by atoms with Crippen LogP contribution in [0.15, 0.2) is 24.3 Å². The van der Waals surface area contributed by atoms with Crippen molar-refractivity contribution in [1.82, 2.24) is 4.90 Å². The van der Waals surface area contributed by atoms with Crippen LogP contribution in [-0.4, -0.2) is 37.2 Å². The summed E-state index contributed by atoms with van der Waals surface area (Å²) in [5.74, 6) is 0.948. The highest BCUT2D eigenvalue weighted by Crippen LogP contribution is 2.27. The minimum Gasteiger partial charge on any atom is -0.496 e. The van der Waals surface area contributed by atoms with Crippen molar-refractivity contribution >= 4 is 0 Å². The fraction of sp³-hybridized carbons (Fsp3) is 0.647. The van der Waals surface area contributed by atoms with Crippen LogP contribution in [0.3, 0.4) is 0 Å². The molecule has 0 radical (unpaired) electrons. The highest BCUT2D eigenvalue weighted by atomic mass is 16.5. The number of rotatable bonds is 8. The normalized spacial score (nSPS) is 15.9. The van der Waals surface area contributed by atoms with Gasteiger partial charge >= 0.3 is 0 Å². The summed E-state index contributed by atoms with van der Waals surface area (Å²) in [6.45, 7) is 7.38. The van der Waals surface area contributed by atoms with E-state index in [1.54, 1.807) is 7.11 Å². The molecule has 1 rings (SSSR count). The molecule has 114 valence electrons. The molecule has 0 aliphatic rings. The van der Waals surface area contributed by atoms with E-state index in [4.69, 9.17) is 10.5 Å². The van der Waals surface area contributed by atoms with Gasteiger partial charge in [-0.1, -0.05) is 31.5 Å². The largest absolute Gasteiger partial charge is 0.496 e. The Bertz CT molecular complexity index is 408. The van der Waals surface area contributed by atoms with Crippen molar-refractivity contribution in [2.24, 2.45) is 5.73 Å². The van der Waals surface area contributed by atoms with Crippen molar-refractivity contribution in [1.29, 1.82) is 0 Å². The molecule has 0 aliphatic heterocycles. The third kappa shape index (κ3) is 3.97. The van der Waals surface area contributed by atoms with Gasteiger partial charge in [0.05, 0.1) is 7.11 Å². The predicted octanol–water partition coefficient (Wildman–Crippen LogP) is 3.08. The quantitative estimate of drug-likeness (QED) is 0.794. The van der Waals surface area contributed by atoms with Crippen LogP contribution in [0.25, 0.3) is 0 Å². The number of ether oxygens (including phenoxy) is 1. The molecule has 0 aliphatic carbocycles. The van der Waals surface area contributed by atoms with Crippen LogP contribution in [-0.2, 0) is 6.42 Å². The van der Waals surface area contributed by atoms with Gasteiger partial charge in [0, 0.05) is 18.1 Å². The molecular formula is C17H30N2O. The standard InChI is InChI=1S/C17H30N2O/c1-6-9-14(2)19(4)17(3,13-18)12-15-10-7-8-11-16(15)20-5/h7-8,10-11,14H,6,9,12-13,18H2,1-5H3. The molecule has 0 amide bonds. The predicted molar refractivity (Wildman–Crippen MR) is 86.3 cm³/mol. The first-order valence-electron chi connectivity index (χ1n) is 7.53. The molecule has 0 fully saturated rings. The summed E-state index contributed by atoms with van der Waals surface area (Å²) in [6.07, 6.45) is 3.29. The lowest BCUT2D eigenvalue weighted by Gasteiger charge is -2.42. The molecule has 0 heterocycles. The second-order valence-corrected chi connectivity index (χ2v) is 5.94. The maximum atomic E-state index is 6.10. The van der Waals surface area contributed by atoms with E-state index in [1.165, 1.54) is 18.4 Å². The molecule has 1 aromatic carbocycles. The molecule has 0 bridgehead atoms. The molecular weight excluding hydrogens is 248 g/mol. The Morgan fingerprint density at radius 1 is 1.35 bits per heavy atom. The first kappa shape index (κ1) is 17.0. The Labute approximate surface area is 124 Å². The van der Waals surface area contributed by atoms with E-state index >= 15 is 0 Å². The molecule has 2 unspecified atom stereocenters. The number of nitrogens with two attached hydrogens (primary N) is 1. The van der Waals surface area contributed by atoms with Crippen molar-refractivity contribution in [3.63, 3.8) is 0 Å². The van der Waals surface area contributed by atoms with Gasteiger partial charge in [-0.3, -0.25) is 4.90 Å². The van der Waals surface area contributed by atoms with Gasteiger partial charge in [0.1, 0.15) is 5.75 Å². The summed E-state index contributed by atoms with van der Waals surface area (Å²) < 4.78 is 5.46. The highest BCUT2D eigenvalue weighted by molar-refractivity contribution is 5.34. The lowest BCUT2D eigenvalue weighted by molar-refractivity contribution is 0.0945. The molecule has 3 nitrogen and oxygen atoms in total.